The molecule has 0 saturated heterocycles. The quantitative estimate of drug-likeness (QED) is 0.623. The molecule has 1 amide bonds. The summed E-state index contributed by atoms with van der Waals surface area (Å²) in [6.07, 6.45) is 4.22. The molecular formula is C22H23N5O2. The molecule has 0 aliphatic carbocycles. The predicted molar refractivity (Wildman–Crippen MR) is 111 cm³/mol. The van der Waals surface area contributed by atoms with Crippen molar-refractivity contribution in [1.29, 1.82) is 0 Å². The van der Waals surface area contributed by atoms with E-state index in [9.17, 15) is 9.59 Å². The molecule has 1 N–H and O–H groups in total. The first-order chi connectivity index (χ1) is 13.9. The van der Waals surface area contributed by atoms with Crippen LogP contribution in [0.25, 0.3) is 0 Å². The summed E-state index contributed by atoms with van der Waals surface area (Å²) in [6.45, 7) is 3.85. The third kappa shape index (κ3) is 5.44. The Morgan fingerprint density at radius 2 is 1.72 bits per heavy atom. The molecule has 0 saturated carbocycles. The van der Waals surface area contributed by atoms with E-state index < -0.39 is 0 Å². The maximum absolute atomic E-state index is 12.8. The Kier molecular flexibility index (Phi) is 6.29. The van der Waals surface area contributed by atoms with Crippen molar-refractivity contribution in [2.75, 3.05) is 18.9 Å². The Labute approximate surface area is 169 Å². The monoisotopic (exact) mass is 389 g/mol. The van der Waals surface area contributed by atoms with Crippen LogP contribution in [-0.2, 0) is 6.42 Å². The van der Waals surface area contributed by atoms with Crippen LogP contribution in [0.15, 0.2) is 54.9 Å². The van der Waals surface area contributed by atoms with Crippen LogP contribution in [0.2, 0.25) is 0 Å². The second kappa shape index (κ2) is 9.05. The second-order valence-electron chi connectivity index (χ2n) is 6.78. The summed E-state index contributed by atoms with van der Waals surface area (Å²) in [5.41, 5.74) is 2.87. The molecule has 0 spiro atoms. The number of ketones is 1. The molecule has 0 radical (unpaired) electrons. The molecule has 7 nitrogen and oxygen atoms in total. The lowest BCUT2D eigenvalue weighted by atomic mass is 10.1. The van der Waals surface area contributed by atoms with Crippen LogP contribution in [0.3, 0.4) is 0 Å². The van der Waals surface area contributed by atoms with Gasteiger partial charge in [0.1, 0.15) is 17.3 Å². The lowest BCUT2D eigenvalue weighted by Gasteiger charge is -2.17. The number of nitrogens with one attached hydrogen (secondary N) is 1. The summed E-state index contributed by atoms with van der Waals surface area (Å²) in [5.74, 6) is 0.872. The first-order valence-corrected chi connectivity index (χ1v) is 9.30. The molecule has 2 heterocycles. The van der Waals surface area contributed by atoms with Crippen LogP contribution in [-0.4, -0.2) is 45.1 Å². The van der Waals surface area contributed by atoms with Gasteiger partial charge in [-0.25, -0.2) is 9.97 Å². The minimum Gasteiger partial charge on any atom is -0.340 e. The Morgan fingerprint density at radius 3 is 2.38 bits per heavy atom. The molecular weight excluding hydrogens is 366 g/mol. The van der Waals surface area contributed by atoms with Gasteiger partial charge in [0, 0.05) is 43.3 Å². The highest BCUT2D eigenvalue weighted by Gasteiger charge is 2.15. The Bertz CT molecular complexity index is 1000. The summed E-state index contributed by atoms with van der Waals surface area (Å²) < 4.78 is 0. The van der Waals surface area contributed by atoms with Gasteiger partial charge in [-0.2, -0.15) is 0 Å². The minimum atomic E-state index is -0.167. The highest BCUT2D eigenvalue weighted by molar-refractivity contribution is 5.94. The Hall–Kier alpha value is -3.61. The summed E-state index contributed by atoms with van der Waals surface area (Å²) in [7, 11) is 1.76. The number of likely N-dealkylation sites (N-methyl/N-ethyl adjacent to an activating group) is 1. The van der Waals surface area contributed by atoms with Crippen molar-refractivity contribution in [2.45, 2.75) is 20.3 Å². The van der Waals surface area contributed by atoms with Crippen LogP contribution < -0.4 is 5.32 Å². The Morgan fingerprint density at radius 1 is 1.03 bits per heavy atom. The minimum absolute atomic E-state index is 0.0112. The average Bonchev–Trinajstić information content (AvgIpc) is 2.72. The van der Waals surface area contributed by atoms with Crippen molar-refractivity contribution >= 4 is 23.2 Å². The fourth-order valence-electron chi connectivity index (χ4n) is 2.82. The van der Waals surface area contributed by atoms with Gasteiger partial charge in [0.2, 0.25) is 0 Å². The summed E-state index contributed by atoms with van der Waals surface area (Å²) in [6, 6.07) is 12.6. The number of hydrogen-bond acceptors (Lipinski definition) is 6. The molecule has 0 unspecified atom stereocenters. The Balaban J connectivity index is 1.70. The number of amides is 1. The number of hydrogen-bond donors (Lipinski definition) is 1. The first-order valence-electron chi connectivity index (χ1n) is 9.30. The van der Waals surface area contributed by atoms with Crippen molar-refractivity contribution < 1.29 is 9.59 Å². The van der Waals surface area contributed by atoms with Gasteiger partial charge in [0.15, 0.2) is 5.78 Å². The van der Waals surface area contributed by atoms with Gasteiger partial charge >= 0.3 is 0 Å². The zero-order chi connectivity index (χ0) is 20.8. The standard InChI is InChI=1S/C22H23N5O2/c1-15(28)18-4-6-19(7-5-18)26-21-14-20(24-16(2)25-21)22(29)27(3)13-10-17-8-11-23-12-9-17/h4-9,11-12,14H,10,13H2,1-3H3,(H,24,25,26). The number of rotatable bonds is 7. The van der Waals surface area contributed by atoms with E-state index in [0.717, 1.165) is 17.7 Å². The van der Waals surface area contributed by atoms with Crippen LogP contribution in [0, 0.1) is 6.92 Å². The number of pyridine rings is 1. The van der Waals surface area contributed by atoms with Gasteiger partial charge in [-0.05, 0) is 62.2 Å². The molecule has 0 bridgehead atoms. The fraction of sp³-hybridized carbons (Fsp3) is 0.227. The third-order valence-corrected chi connectivity index (χ3v) is 4.45. The SMILES string of the molecule is CC(=O)c1ccc(Nc2cc(C(=O)N(C)CCc3ccncc3)nc(C)n2)cc1. The van der Waals surface area contributed by atoms with E-state index in [1.165, 1.54) is 6.92 Å². The number of benzene rings is 1. The van der Waals surface area contributed by atoms with Crippen molar-refractivity contribution in [3.8, 4) is 0 Å². The maximum Gasteiger partial charge on any atom is 0.272 e. The van der Waals surface area contributed by atoms with Gasteiger partial charge < -0.3 is 10.2 Å². The number of anilines is 2. The smallest absolute Gasteiger partial charge is 0.272 e. The van der Waals surface area contributed by atoms with E-state index in [1.807, 2.05) is 12.1 Å². The lowest BCUT2D eigenvalue weighted by Crippen LogP contribution is -2.30. The second-order valence-corrected chi connectivity index (χ2v) is 6.78. The lowest BCUT2D eigenvalue weighted by molar-refractivity contribution is 0.0790. The predicted octanol–water partition coefficient (Wildman–Crippen LogP) is 3.44. The van der Waals surface area contributed by atoms with E-state index in [4.69, 9.17) is 0 Å². The fourth-order valence-corrected chi connectivity index (χ4v) is 2.82. The van der Waals surface area contributed by atoms with E-state index >= 15 is 0 Å². The van der Waals surface area contributed by atoms with E-state index in [1.54, 1.807) is 61.6 Å². The van der Waals surface area contributed by atoms with Crippen LogP contribution >= 0.6 is 0 Å². The van der Waals surface area contributed by atoms with Gasteiger partial charge in [0.25, 0.3) is 5.91 Å². The zero-order valence-electron chi connectivity index (χ0n) is 16.7. The van der Waals surface area contributed by atoms with Crippen molar-refractivity contribution in [3.05, 3.63) is 77.5 Å². The molecule has 3 rings (SSSR count). The summed E-state index contributed by atoms with van der Waals surface area (Å²) >= 11 is 0. The molecule has 0 aliphatic rings. The highest BCUT2D eigenvalue weighted by atomic mass is 16.2. The molecule has 3 aromatic rings. The highest BCUT2D eigenvalue weighted by Crippen LogP contribution is 2.17. The molecule has 29 heavy (non-hydrogen) atoms. The van der Waals surface area contributed by atoms with Crippen molar-refractivity contribution in [3.63, 3.8) is 0 Å². The maximum atomic E-state index is 12.8. The molecule has 0 fully saturated rings. The molecule has 1 aromatic carbocycles. The van der Waals surface area contributed by atoms with Crippen molar-refractivity contribution in [1.82, 2.24) is 19.9 Å². The van der Waals surface area contributed by atoms with Crippen LogP contribution in [0.4, 0.5) is 11.5 Å². The topological polar surface area (TPSA) is 88.1 Å². The number of aromatic nitrogens is 3. The van der Waals surface area contributed by atoms with Gasteiger partial charge in [-0.3, -0.25) is 14.6 Å². The summed E-state index contributed by atoms with van der Waals surface area (Å²) in [4.78, 5) is 38.5. The van der Waals surface area contributed by atoms with E-state index in [-0.39, 0.29) is 11.7 Å². The van der Waals surface area contributed by atoms with Crippen molar-refractivity contribution in [2.24, 2.45) is 0 Å². The normalized spacial score (nSPS) is 10.4. The largest absolute Gasteiger partial charge is 0.340 e. The van der Waals surface area contributed by atoms with Crippen LogP contribution in [0.1, 0.15) is 39.2 Å². The van der Waals surface area contributed by atoms with Gasteiger partial charge in [-0.1, -0.05) is 0 Å². The van der Waals surface area contributed by atoms with Gasteiger partial charge in [-0.15, -0.1) is 0 Å². The number of carbonyl (C=O) groups is 2. The molecule has 0 aliphatic heterocycles. The number of Topliss-reactive ketones (excluding diaryl/α,β-unsaturated/α-hetero) is 1. The molecule has 7 heteroatoms. The first kappa shape index (κ1) is 20.1. The number of nitrogens with zero attached hydrogens (tertiary/aromatic N) is 4. The number of aryl methyl sites for hydroxylation is 1. The van der Waals surface area contributed by atoms with E-state index in [0.29, 0.717) is 29.4 Å². The third-order valence-electron chi connectivity index (χ3n) is 4.45. The number of carbonyl (C=O) groups excluding carboxylic acids is 2. The van der Waals surface area contributed by atoms with Gasteiger partial charge in [0.05, 0.1) is 0 Å². The van der Waals surface area contributed by atoms with Crippen LogP contribution in [0.5, 0.6) is 0 Å². The summed E-state index contributed by atoms with van der Waals surface area (Å²) in [5, 5.41) is 3.16. The zero-order valence-corrected chi connectivity index (χ0v) is 16.7. The average molecular weight is 389 g/mol. The van der Waals surface area contributed by atoms with E-state index in [2.05, 4.69) is 20.3 Å². The molecule has 0 atom stereocenters. The molecule has 2 aromatic heterocycles. The molecule has 148 valence electrons.